The van der Waals surface area contributed by atoms with Crippen LogP contribution in [-0.2, 0) is 9.59 Å². The molecule has 1 fully saturated rings. The zero-order valence-electron chi connectivity index (χ0n) is 11.1. The van der Waals surface area contributed by atoms with Crippen molar-refractivity contribution in [3.63, 3.8) is 0 Å². The zero-order valence-corrected chi connectivity index (χ0v) is 11.8. The maximum Gasteiger partial charge on any atom is 0.250 e. The van der Waals surface area contributed by atoms with Crippen molar-refractivity contribution in [1.82, 2.24) is 5.32 Å². The fourth-order valence-corrected chi connectivity index (χ4v) is 2.44. The van der Waals surface area contributed by atoms with E-state index in [0.29, 0.717) is 17.1 Å². The Balaban J connectivity index is 2.34. The van der Waals surface area contributed by atoms with E-state index in [0.717, 1.165) is 12.0 Å². The second-order valence-electron chi connectivity index (χ2n) is 4.76. The van der Waals surface area contributed by atoms with Gasteiger partial charge in [0.1, 0.15) is 12.6 Å². The summed E-state index contributed by atoms with van der Waals surface area (Å²) in [4.78, 5) is 25.7. The summed E-state index contributed by atoms with van der Waals surface area (Å²) < 4.78 is 0. The molecule has 5 heteroatoms. The first-order valence-corrected chi connectivity index (χ1v) is 6.77. The van der Waals surface area contributed by atoms with Crippen LogP contribution < -0.4 is 10.2 Å². The molecule has 2 amide bonds. The molecule has 0 radical (unpaired) electrons. The van der Waals surface area contributed by atoms with Crippen molar-refractivity contribution in [2.45, 2.75) is 32.7 Å². The quantitative estimate of drug-likeness (QED) is 0.923. The Hall–Kier alpha value is -1.55. The molecular formula is C14H17ClN2O2. The molecule has 0 aliphatic carbocycles. The minimum Gasteiger partial charge on any atom is -0.343 e. The number of carbonyl (C=O) groups is 2. The second-order valence-corrected chi connectivity index (χ2v) is 5.20. The van der Waals surface area contributed by atoms with Gasteiger partial charge in [-0.15, -0.1) is 0 Å². The fourth-order valence-electron chi connectivity index (χ4n) is 2.27. The number of halogens is 1. The van der Waals surface area contributed by atoms with Crippen molar-refractivity contribution in [1.29, 1.82) is 0 Å². The normalized spacial score (nSPS) is 19.5. The van der Waals surface area contributed by atoms with E-state index in [-0.39, 0.29) is 18.4 Å². The molecule has 0 saturated carbocycles. The van der Waals surface area contributed by atoms with Crippen LogP contribution in [0.25, 0.3) is 0 Å². The maximum atomic E-state index is 12.4. The molecule has 0 aromatic heterocycles. The Morgan fingerprint density at radius 1 is 1.42 bits per heavy atom. The molecule has 19 heavy (non-hydrogen) atoms. The minimum atomic E-state index is -0.426. The molecule has 1 atom stereocenters. The number of aryl methyl sites for hydroxylation is 1. The first-order chi connectivity index (χ1) is 9.02. The van der Waals surface area contributed by atoms with E-state index in [1.54, 1.807) is 12.1 Å². The monoisotopic (exact) mass is 280 g/mol. The number of anilines is 1. The molecule has 1 aromatic carbocycles. The minimum absolute atomic E-state index is 0.0558. The zero-order chi connectivity index (χ0) is 14.0. The lowest BCUT2D eigenvalue weighted by Crippen LogP contribution is -2.58. The lowest BCUT2D eigenvalue weighted by molar-refractivity contribution is -0.131. The van der Waals surface area contributed by atoms with Gasteiger partial charge in [0.05, 0.1) is 0 Å². The van der Waals surface area contributed by atoms with Crippen molar-refractivity contribution in [3.05, 3.63) is 28.8 Å². The number of nitrogens with one attached hydrogen (secondary N) is 1. The van der Waals surface area contributed by atoms with Crippen molar-refractivity contribution >= 4 is 29.1 Å². The highest BCUT2D eigenvalue weighted by Gasteiger charge is 2.33. The molecule has 1 aliphatic heterocycles. The Morgan fingerprint density at radius 2 is 2.16 bits per heavy atom. The molecule has 1 heterocycles. The molecule has 1 aromatic rings. The van der Waals surface area contributed by atoms with Gasteiger partial charge in [-0.3, -0.25) is 9.59 Å². The summed E-state index contributed by atoms with van der Waals surface area (Å²) in [6.07, 6.45) is 1.50. The Morgan fingerprint density at radius 3 is 2.84 bits per heavy atom. The van der Waals surface area contributed by atoms with Gasteiger partial charge in [0, 0.05) is 10.7 Å². The highest BCUT2D eigenvalue weighted by Crippen LogP contribution is 2.26. The standard InChI is InChI=1S/C14H17ClN2O2/c1-3-4-11-14(19)17(8-13(18)16-11)12-7-10(15)6-5-9(12)2/h5-7,11H,3-4,8H2,1-2H3,(H,16,18). The number of amides is 2. The first kappa shape index (κ1) is 13.9. The van der Waals surface area contributed by atoms with Gasteiger partial charge in [-0.2, -0.15) is 0 Å². The molecular weight excluding hydrogens is 264 g/mol. The number of hydrogen-bond donors (Lipinski definition) is 1. The van der Waals surface area contributed by atoms with E-state index in [1.807, 2.05) is 19.9 Å². The van der Waals surface area contributed by atoms with E-state index in [4.69, 9.17) is 11.6 Å². The summed E-state index contributed by atoms with van der Waals surface area (Å²) in [5.41, 5.74) is 1.65. The maximum absolute atomic E-state index is 12.4. The van der Waals surface area contributed by atoms with Crippen LogP contribution in [0.5, 0.6) is 0 Å². The number of hydrogen-bond acceptors (Lipinski definition) is 2. The number of rotatable bonds is 3. The lowest BCUT2D eigenvalue weighted by atomic mass is 10.1. The molecule has 1 N–H and O–H groups in total. The number of piperazine rings is 1. The highest BCUT2D eigenvalue weighted by molar-refractivity contribution is 6.31. The smallest absolute Gasteiger partial charge is 0.250 e. The van der Waals surface area contributed by atoms with Crippen molar-refractivity contribution in [2.75, 3.05) is 11.4 Å². The molecule has 0 spiro atoms. The number of benzene rings is 1. The third-order valence-corrected chi connectivity index (χ3v) is 3.48. The molecule has 102 valence electrons. The molecule has 0 bridgehead atoms. The van der Waals surface area contributed by atoms with Gasteiger partial charge in [0.25, 0.3) is 0 Å². The SMILES string of the molecule is CCCC1NC(=O)CN(c2cc(Cl)ccc2C)C1=O. The fraction of sp³-hybridized carbons (Fsp3) is 0.429. The van der Waals surface area contributed by atoms with Gasteiger partial charge in [0.2, 0.25) is 11.8 Å². The van der Waals surface area contributed by atoms with Crippen LogP contribution in [0, 0.1) is 6.92 Å². The van der Waals surface area contributed by atoms with Gasteiger partial charge in [-0.25, -0.2) is 0 Å². The van der Waals surface area contributed by atoms with Gasteiger partial charge in [-0.05, 0) is 31.0 Å². The summed E-state index contributed by atoms with van der Waals surface area (Å²) in [7, 11) is 0. The van der Waals surface area contributed by atoms with Gasteiger partial charge in [0.15, 0.2) is 0 Å². The van der Waals surface area contributed by atoms with Gasteiger partial charge < -0.3 is 10.2 Å². The van der Waals surface area contributed by atoms with E-state index in [2.05, 4.69) is 5.32 Å². The number of carbonyl (C=O) groups excluding carboxylic acids is 2. The van der Waals surface area contributed by atoms with E-state index in [9.17, 15) is 9.59 Å². The van der Waals surface area contributed by atoms with Gasteiger partial charge >= 0.3 is 0 Å². The molecule has 1 aliphatic rings. The summed E-state index contributed by atoms with van der Waals surface area (Å²) in [6.45, 7) is 3.95. The first-order valence-electron chi connectivity index (χ1n) is 6.39. The van der Waals surface area contributed by atoms with Crippen LogP contribution in [0.15, 0.2) is 18.2 Å². The Kier molecular flexibility index (Phi) is 4.10. The summed E-state index contributed by atoms with van der Waals surface area (Å²) in [5, 5.41) is 3.30. The summed E-state index contributed by atoms with van der Waals surface area (Å²) in [6, 6.07) is 4.94. The molecule has 4 nitrogen and oxygen atoms in total. The van der Waals surface area contributed by atoms with E-state index < -0.39 is 6.04 Å². The average molecular weight is 281 g/mol. The van der Waals surface area contributed by atoms with Crippen molar-refractivity contribution in [2.24, 2.45) is 0 Å². The van der Waals surface area contributed by atoms with Crippen LogP contribution >= 0.6 is 11.6 Å². The molecule has 1 saturated heterocycles. The third-order valence-electron chi connectivity index (χ3n) is 3.24. The van der Waals surface area contributed by atoms with E-state index in [1.165, 1.54) is 4.90 Å². The van der Waals surface area contributed by atoms with Crippen LogP contribution in [-0.4, -0.2) is 24.4 Å². The highest BCUT2D eigenvalue weighted by atomic mass is 35.5. The van der Waals surface area contributed by atoms with Gasteiger partial charge in [-0.1, -0.05) is 31.0 Å². The average Bonchev–Trinajstić information content (AvgIpc) is 2.37. The number of nitrogens with zero attached hydrogens (tertiary/aromatic N) is 1. The second kappa shape index (κ2) is 5.61. The van der Waals surface area contributed by atoms with Crippen molar-refractivity contribution in [3.8, 4) is 0 Å². The Labute approximate surface area is 117 Å². The molecule has 2 rings (SSSR count). The predicted molar refractivity (Wildman–Crippen MR) is 75.4 cm³/mol. The Bertz CT molecular complexity index is 516. The third kappa shape index (κ3) is 2.89. The summed E-state index contributed by atoms with van der Waals surface area (Å²) >= 11 is 5.98. The molecule has 1 unspecified atom stereocenters. The predicted octanol–water partition coefficient (Wildman–Crippen LogP) is 2.28. The largest absolute Gasteiger partial charge is 0.343 e. The van der Waals surface area contributed by atoms with Crippen LogP contribution in [0.1, 0.15) is 25.3 Å². The van der Waals surface area contributed by atoms with Crippen molar-refractivity contribution < 1.29 is 9.59 Å². The topological polar surface area (TPSA) is 49.4 Å². The summed E-state index contributed by atoms with van der Waals surface area (Å²) in [5.74, 6) is -0.191. The van der Waals surface area contributed by atoms with Crippen LogP contribution in [0.3, 0.4) is 0 Å². The van der Waals surface area contributed by atoms with Crippen LogP contribution in [0.2, 0.25) is 5.02 Å². The van der Waals surface area contributed by atoms with Crippen LogP contribution in [0.4, 0.5) is 5.69 Å². The lowest BCUT2D eigenvalue weighted by Gasteiger charge is -2.33. The van der Waals surface area contributed by atoms with E-state index >= 15 is 0 Å².